The number of amides is 1. The first-order valence-electron chi connectivity index (χ1n) is 5.75. The highest BCUT2D eigenvalue weighted by molar-refractivity contribution is 7.99. The standard InChI is InChI=1S/C14H13N3OS/c18-13(11-19-14-8-4-5-9-15-14)17-16-10-12-6-2-1-3-7-12/h1-10H,11H2,(H,17,18)/b16-10-. The summed E-state index contributed by atoms with van der Waals surface area (Å²) in [4.78, 5) is 15.7. The third-order valence-electron chi connectivity index (χ3n) is 2.19. The molecule has 0 aliphatic rings. The average Bonchev–Trinajstić information content (AvgIpc) is 2.47. The molecule has 0 atom stereocenters. The Morgan fingerprint density at radius 2 is 2.00 bits per heavy atom. The minimum atomic E-state index is -0.150. The second kappa shape index (κ2) is 7.33. The second-order valence-corrected chi connectivity index (χ2v) is 4.66. The van der Waals surface area contributed by atoms with E-state index in [1.165, 1.54) is 11.8 Å². The highest BCUT2D eigenvalue weighted by Gasteiger charge is 2.01. The fourth-order valence-corrected chi connectivity index (χ4v) is 1.98. The Hall–Kier alpha value is -2.14. The van der Waals surface area contributed by atoms with Crippen LogP contribution in [0.3, 0.4) is 0 Å². The van der Waals surface area contributed by atoms with E-state index in [2.05, 4.69) is 15.5 Å². The summed E-state index contributed by atoms with van der Waals surface area (Å²) in [5.41, 5.74) is 3.43. The van der Waals surface area contributed by atoms with E-state index in [-0.39, 0.29) is 5.91 Å². The molecule has 4 nitrogen and oxygen atoms in total. The number of hydrogen-bond acceptors (Lipinski definition) is 4. The van der Waals surface area contributed by atoms with Gasteiger partial charge in [0.15, 0.2) is 0 Å². The van der Waals surface area contributed by atoms with Crippen LogP contribution in [0.15, 0.2) is 64.9 Å². The smallest absolute Gasteiger partial charge is 0.250 e. The van der Waals surface area contributed by atoms with Gasteiger partial charge in [-0.15, -0.1) is 0 Å². The van der Waals surface area contributed by atoms with E-state index in [0.717, 1.165) is 10.6 Å². The average molecular weight is 271 g/mol. The Balaban J connectivity index is 1.75. The van der Waals surface area contributed by atoms with Crippen LogP contribution in [0, 0.1) is 0 Å². The summed E-state index contributed by atoms with van der Waals surface area (Å²) in [5, 5.41) is 4.72. The van der Waals surface area contributed by atoms with E-state index in [9.17, 15) is 4.79 Å². The van der Waals surface area contributed by atoms with Crippen molar-refractivity contribution in [1.82, 2.24) is 10.4 Å². The first-order chi connectivity index (χ1) is 9.34. The number of benzene rings is 1. The van der Waals surface area contributed by atoms with Gasteiger partial charge in [-0.1, -0.05) is 48.2 Å². The molecule has 1 heterocycles. The lowest BCUT2D eigenvalue weighted by atomic mass is 10.2. The van der Waals surface area contributed by atoms with Crippen molar-refractivity contribution < 1.29 is 4.79 Å². The van der Waals surface area contributed by atoms with Gasteiger partial charge >= 0.3 is 0 Å². The van der Waals surface area contributed by atoms with Gasteiger partial charge in [0.25, 0.3) is 0 Å². The lowest BCUT2D eigenvalue weighted by molar-refractivity contribution is -0.118. The van der Waals surface area contributed by atoms with Crippen molar-refractivity contribution in [3.63, 3.8) is 0 Å². The van der Waals surface area contributed by atoms with Gasteiger partial charge in [-0.05, 0) is 17.7 Å². The Labute approximate surface area is 116 Å². The first kappa shape index (κ1) is 13.3. The molecular formula is C14H13N3OS. The van der Waals surface area contributed by atoms with Crippen LogP contribution in [0.25, 0.3) is 0 Å². The maximum absolute atomic E-state index is 11.5. The summed E-state index contributed by atoms with van der Waals surface area (Å²) in [7, 11) is 0. The van der Waals surface area contributed by atoms with E-state index in [0.29, 0.717) is 5.75 Å². The highest BCUT2D eigenvalue weighted by Crippen LogP contribution is 2.12. The second-order valence-electron chi connectivity index (χ2n) is 3.66. The van der Waals surface area contributed by atoms with Crippen molar-refractivity contribution in [1.29, 1.82) is 0 Å². The van der Waals surface area contributed by atoms with Crippen molar-refractivity contribution in [2.24, 2.45) is 5.10 Å². The fourth-order valence-electron chi connectivity index (χ4n) is 1.32. The van der Waals surface area contributed by atoms with Gasteiger partial charge in [-0.3, -0.25) is 4.79 Å². The Morgan fingerprint density at radius 3 is 2.74 bits per heavy atom. The van der Waals surface area contributed by atoms with Crippen LogP contribution >= 0.6 is 11.8 Å². The zero-order chi connectivity index (χ0) is 13.3. The number of carbonyl (C=O) groups excluding carboxylic acids is 1. The Morgan fingerprint density at radius 1 is 1.21 bits per heavy atom. The molecule has 0 unspecified atom stereocenters. The van der Waals surface area contributed by atoms with E-state index in [1.54, 1.807) is 12.4 Å². The van der Waals surface area contributed by atoms with E-state index < -0.39 is 0 Å². The quantitative estimate of drug-likeness (QED) is 0.516. The largest absolute Gasteiger partial charge is 0.272 e. The summed E-state index contributed by atoms with van der Waals surface area (Å²) < 4.78 is 0. The maximum Gasteiger partial charge on any atom is 0.250 e. The molecule has 0 fully saturated rings. The summed E-state index contributed by atoms with van der Waals surface area (Å²) in [6.07, 6.45) is 3.32. The van der Waals surface area contributed by atoms with Crippen LogP contribution in [0.5, 0.6) is 0 Å². The number of nitrogens with zero attached hydrogens (tertiary/aromatic N) is 2. The molecule has 2 aromatic rings. The predicted molar refractivity (Wildman–Crippen MR) is 77.1 cm³/mol. The van der Waals surface area contributed by atoms with Crippen molar-refractivity contribution in [2.75, 3.05) is 5.75 Å². The molecule has 0 radical (unpaired) electrons. The minimum absolute atomic E-state index is 0.150. The van der Waals surface area contributed by atoms with Gasteiger partial charge < -0.3 is 0 Å². The number of rotatable bonds is 5. The maximum atomic E-state index is 11.5. The number of hydrogen-bond donors (Lipinski definition) is 1. The molecule has 19 heavy (non-hydrogen) atoms. The fraction of sp³-hybridized carbons (Fsp3) is 0.0714. The normalized spacial score (nSPS) is 10.5. The number of aromatic nitrogens is 1. The van der Waals surface area contributed by atoms with E-state index in [4.69, 9.17) is 0 Å². The van der Waals surface area contributed by atoms with Crippen LogP contribution in [0.4, 0.5) is 0 Å². The molecule has 0 aliphatic heterocycles. The number of carbonyl (C=O) groups is 1. The van der Waals surface area contributed by atoms with E-state index >= 15 is 0 Å². The minimum Gasteiger partial charge on any atom is -0.272 e. The van der Waals surface area contributed by atoms with E-state index in [1.807, 2.05) is 48.5 Å². The topological polar surface area (TPSA) is 54.4 Å². The summed E-state index contributed by atoms with van der Waals surface area (Å²) in [6.45, 7) is 0. The molecule has 1 amide bonds. The molecule has 1 N–H and O–H groups in total. The van der Waals surface area contributed by atoms with Gasteiger partial charge in [0.1, 0.15) is 0 Å². The zero-order valence-corrected chi connectivity index (χ0v) is 11.0. The molecule has 2 rings (SSSR count). The van der Waals surface area contributed by atoms with Gasteiger partial charge in [-0.25, -0.2) is 10.4 Å². The van der Waals surface area contributed by atoms with Crippen LogP contribution in [0.2, 0.25) is 0 Å². The molecule has 0 spiro atoms. The number of thioether (sulfide) groups is 1. The predicted octanol–water partition coefficient (Wildman–Crippen LogP) is 2.32. The summed E-state index contributed by atoms with van der Waals surface area (Å²) >= 11 is 1.38. The molecule has 0 saturated heterocycles. The van der Waals surface area contributed by atoms with Crippen LogP contribution in [-0.2, 0) is 4.79 Å². The molecular weight excluding hydrogens is 258 g/mol. The molecule has 1 aromatic carbocycles. The number of pyridine rings is 1. The number of hydrazone groups is 1. The zero-order valence-electron chi connectivity index (χ0n) is 10.2. The molecule has 0 saturated carbocycles. The molecule has 5 heteroatoms. The SMILES string of the molecule is O=C(CSc1ccccn1)N/N=C\c1ccccc1. The Kier molecular flexibility index (Phi) is 5.13. The van der Waals surface area contributed by atoms with Crippen LogP contribution in [-0.4, -0.2) is 22.9 Å². The summed E-state index contributed by atoms with van der Waals surface area (Å²) in [6, 6.07) is 15.2. The molecule has 0 aliphatic carbocycles. The van der Waals surface area contributed by atoms with Gasteiger partial charge in [-0.2, -0.15) is 5.10 Å². The molecule has 0 bridgehead atoms. The third-order valence-corrected chi connectivity index (χ3v) is 3.14. The first-order valence-corrected chi connectivity index (χ1v) is 6.74. The van der Waals surface area contributed by atoms with Gasteiger partial charge in [0, 0.05) is 6.20 Å². The molecule has 96 valence electrons. The van der Waals surface area contributed by atoms with Crippen LogP contribution in [0.1, 0.15) is 5.56 Å². The lowest BCUT2D eigenvalue weighted by Crippen LogP contribution is -2.19. The van der Waals surface area contributed by atoms with Gasteiger partial charge in [0.05, 0.1) is 17.0 Å². The van der Waals surface area contributed by atoms with Crippen LogP contribution < -0.4 is 5.43 Å². The number of nitrogens with one attached hydrogen (secondary N) is 1. The molecule has 1 aromatic heterocycles. The van der Waals surface area contributed by atoms with Crippen molar-refractivity contribution in [3.05, 3.63) is 60.3 Å². The third kappa shape index (κ3) is 4.93. The summed E-state index contributed by atoms with van der Waals surface area (Å²) in [5.74, 6) is 0.145. The van der Waals surface area contributed by atoms with Gasteiger partial charge in [0.2, 0.25) is 5.91 Å². The Bertz CT molecular complexity index is 543. The highest BCUT2D eigenvalue weighted by atomic mass is 32.2. The van der Waals surface area contributed by atoms with Crippen molar-refractivity contribution >= 4 is 23.9 Å². The van der Waals surface area contributed by atoms with Crippen molar-refractivity contribution in [2.45, 2.75) is 5.03 Å². The lowest BCUT2D eigenvalue weighted by Gasteiger charge is -1.99. The monoisotopic (exact) mass is 271 g/mol. The van der Waals surface area contributed by atoms with Crippen molar-refractivity contribution in [3.8, 4) is 0 Å².